The molecule has 0 radical (unpaired) electrons. The molecule has 0 bridgehead atoms. The molecule has 2 N–H and O–H groups in total. The quantitative estimate of drug-likeness (QED) is 0.455. The molecule has 20 heavy (non-hydrogen) atoms. The van der Waals surface area contributed by atoms with Gasteiger partial charge in [0.15, 0.2) is 11.8 Å². The van der Waals surface area contributed by atoms with Crippen molar-refractivity contribution in [2.24, 2.45) is 4.99 Å². The van der Waals surface area contributed by atoms with Crippen LogP contribution in [0.15, 0.2) is 34.0 Å². The fraction of sp³-hybridized carbons (Fsp3) is 0.417. The number of aromatic nitrogens is 3. The summed E-state index contributed by atoms with van der Waals surface area (Å²) in [4.78, 5) is 8.24. The van der Waals surface area contributed by atoms with E-state index in [4.69, 9.17) is 4.52 Å². The minimum absolute atomic E-state index is 0. The predicted molar refractivity (Wildman–Crippen MR) is 87.1 cm³/mol. The maximum Gasteiger partial charge on any atom is 0.223 e. The van der Waals surface area contributed by atoms with Crippen LogP contribution >= 0.6 is 24.0 Å². The van der Waals surface area contributed by atoms with Gasteiger partial charge in [-0.05, 0) is 12.1 Å². The Morgan fingerprint density at radius 1 is 1.35 bits per heavy atom. The second kappa shape index (κ2) is 8.56. The maximum atomic E-state index is 4.90. The number of nitrogens with zero attached hydrogens (tertiary/aromatic N) is 4. The normalized spacial score (nSPS) is 11.0. The maximum absolute atomic E-state index is 4.90. The summed E-state index contributed by atoms with van der Waals surface area (Å²) >= 11 is 0. The third-order valence-corrected chi connectivity index (χ3v) is 2.54. The van der Waals surface area contributed by atoms with Gasteiger partial charge in [0.25, 0.3) is 0 Å². The number of hydrogen-bond donors (Lipinski definition) is 2. The summed E-state index contributed by atoms with van der Waals surface area (Å²) in [5.41, 5.74) is 0. The van der Waals surface area contributed by atoms with Crippen LogP contribution in [0.25, 0.3) is 0 Å². The van der Waals surface area contributed by atoms with Gasteiger partial charge in [0.1, 0.15) is 0 Å². The Kier molecular flexibility index (Phi) is 7.05. The monoisotopic (exact) mass is 390 g/mol. The Labute approximate surface area is 134 Å². The van der Waals surface area contributed by atoms with Crippen molar-refractivity contribution < 1.29 is 4.52 Å². The fourth-order valence-corrected chi connectivity index (χ4v) is 1.62. The van der Waals surface area contributed by atoms with Gasteiger partial charge < -0.3 is 19.7 Å². The first-order chi connectivity index (χ1) is 9.28. The van der Waals surface area contributed by atoms with Crippen LogP contribution in [0.3, 0.4) is 0 Å². The molecule has 0 aromatic carbocycles. The van der Waals surface area contributed by atoms with Gasteiger partial charge in [-0.15, -0.1) is 24.0 Å². The SMILES string of the molecule is CN=C(NCCn1cccc1)NCc1noc(C)n1.I. The lowest BCUT2D eigenvalue weighted by Crippen LogP contribution is -2.38. The van der Waals surface area contributed by atoms with Gasteiger partial charge in [-0.3, -0.25) is 4.99 Å². The molecule has 0 spiro atoms. The highest BCUT2D eigenvalue weighted by molar-refractivity contribution is 14.0. The topological polar surface area (TPSA) is 80.3 Å². The van der Waals surface area contributed by atoms with Gasteiger partial charge >= 0.3 is 0 Å². The van der Waals surface area contributed by atoms with Crippen LogP contribution in [-0.2, 0) is 13.1 Å². The van der Waals surface area contributed by atoms with Crippen LogP contribution in [0.5, 0.6) is 0 Å². The van der Waals surface area contributed by atoms with E-state index < -0.39 is 0 Å². The number of guanidine groups is 1. The van der Waals surface area contributed by atoms with Crippen LogP contribution in [-0.4, -0.2) is 34.3 Å². The molecule has 0 aliphatic rings. The lowest BCUT2D eigenvalue weighted by atomic mass is 10.5. The minimum Gasteiger partial charge on any atom is -0.355 e. The van der Waals surface area contributed by atoms with Crippen LogP contribution < -0.4 is 10.6 Å². The molecule has 2 heterocycles. The third-order valence-electron chi connectivity index (χ3n) is 2.54. The van der Waals surface area contributed by atoms with E-state index in [1.165, 1.54) is 0 Å². The van der Waals surface area contributed by atoms with E-state index in [-0.39, 0.29) is 24.0 Å². The van der Waals surface area contributed by atoms with E-state index in [0.717, 1.165) is 19.0 Å². The van der Waals surface area contributed by atoms with E-state index in [1.54, 1.807) is 14.0 Å². The van der Waals surface area contributed by atoms with Gasteiger partial charge in [0, 0.05) is 39.5 Å². The number of nitrogens with one attached hydrogen (secondary N) is 2. The van der Waals surface area contributed by atoms with Crippen LogP contribution in [0.4, 0.5) is 0 Å². The van der Waals surface area contributed by atoms with Crippen LogP contribution in [0.2, 0.25) is 0 Å². The Balaban J connectivity index is 0.00000200. The highest BCUT2D eigenvalue weighted by Crippen LogP contribution is 1.93. The molecule has 0 unspecified atom stereocenters. The summed E-state index contributed by atoms with van der Waals surface area (Å²) in [6, 6.07) is 4.01. The van der Waals surface area contributed by atoms with Crippen LogP contribution in [0.1, 0.15) is 11.7 Å². The van der Waals surface area contributed by atoms with Gasteiger partial charge in [-0.25, -0.2) is 0 Å². The van der Waals surface area contributed by atoms with Crippen molar-refractivity contribution >= 4 is 29.9 Å². The predicted octanol–water partition coefficient (Wildman–Crippen LogP) is 1.16. The smallest absolute Gasteiger partial charge is 0.223 e. The van der Waals surface area contributed by atoms with E-state index in [9.17, 15) is 0 Å². The third kappa shape index (κ3) is 5.19. The van der Waals surface area contributed by atoms with E-state index >= 15 is 0 Å². The van der Waals surface area contributed by atoms with Crippen molar-refractivity contribution in [2.45, 2.75) is 20.0 Å². The summed E-state index contributed by atoms with van der Waals surface area (Å²) in [5, 5.41) is 10.1. The molecule has 2 aromatic rings. The Hall–Kier alpha value is -1.58. The number of hydrogen-bond acceptors (Lipinski definition) is 4. The van der Waals surface area contributed by atoms with Gasteiger partial charge in [-0.1, -0.05) is 5.16 Å². The largest absolute Gasteiger partial charge is 0.355 e. The molecule has 0 saturated carbocycles. The Morgan fingerprint density at radius 3 is 2.70 bits per heavy atom. The van der Waals surface area contributed by atoms with E-state index in [0.29, 0.717) is 18.3 Å². The highest BCUT2D eigenvalue weighted by atomic mass is 127. The molecular formula is C12H19IN6O. The first kappa shape index (κ1) is 16.5. The number of aryl methyl sites for hydroxylation is 1. The molecule has 8 heteroatoms. The van der Waals surface area contributed by atoms with Gasteiger partial charge in [0.05, 0.1) is 6.54 Å². The molecule has 0 aliphatic carbocycles. The summed E-state index contributed by atoms with van der Waals surface area (Å²) in [7, 11) is 1.73. The molecule has 0 amide bonds. The van der Waals surface area contributed by atoms with Gasteiger partial charge in [0.2, 0.25) is 5.89 Å². The average Bonchev–Trinajstić information content (AvgIpc) is 3.05. The lowest BCUT2D eigenvalue weighted by Gasteiger charge is -2.10. The molecule has 0 aliphatic heterocycles. The second-order valence-electron chi connectivity index (χ2n) is 4.00. The molecule has 110 valence electrons. The lowest BCUT2D eigenvalue weighted by molar-refractivity contribution is 0.387. The van der Waals surface area contributed by atoms with Crippen molar-refractivity contribution in [2.75, 3.05) is 13.6 Å². The highest BCUT2D eigenvalue weighted by Gasteiger charge is 2.03. The summed E-state index contributed by atoms with van der Waals surface area (Å²) in [6.07, 6.45) is 4.06. The van der Waals surface area contributed by atoms with Crippen molar-refractivity contribution in [3.8, 4) is 0 Å². The van der Waals surface area contributed by atoms with Gasteiger partial charge in [-0.2, -0.15) is 4.98 Å². The molecule has 2 aromatic heterocycles. The minimum atomic E-state index is 0. The van der Waals surface area contributed by atoms with Crippen molar-refractivity contribution in [1.29, 1.82) is 0 Å². The molecule has 0 atom stereocenters. The number of halogens is 1. The van der Waals surface area contributed by atoms with Crippen molar-refractivity contribution in [1.82, 2.24) is 25.3 Å². The summed E-state index contributed by atoms with van der Waals surface area (Å²) in [6.45, 7) is 3.93. The Morgan fingerprint density at radius 2 is 2.10 bits per heavy atom. The molecular weight excluding hydrogens is 371 g/mol. The number of rotatable bonds is 5. The molecule has 0 saturated heterocycles. The first-order valence-corrected chi connectivity index (χ1v) is 6.12. The number of aliphatic imine (C=N–C) groups is 1. The van der Waals surface area contributed by atoms with E-state index in [2.05, 4.69) is 30.3 Å². The molecule has 7 nitrogen and oxygen atoms in total. The summed E-state index contributed by atoms with van der Waals surface area (Å²) < 4.78 is 7.00. The average molecular weight is 390 g/mol. The van der Waals surface area contributed by atoms with Crippen molar-refractivity contribution in [3.05, 3.63) is 36.2 Å². The first-order valence-electron chi connectivity index (χ1n) is 6.12. The van der Waals surface area contributed by atoms with Crippen molar-refractivity contribution in [3.63, 3.8) is 0 Å². The second-order valence-corrected chi connectivity index (χ2v) is 4.00. The molecule has 2 rings (SSSR count). The standard InChI is InChI=1S/C12H18N6O.HI/c1-10-16-11(17-19-10)9-15-12(13-2)14-5-8-18-6-3-4-7-18;/h3-4,6-7H,5,8-9H2,1-2H3,(H2,13,14,15);1H. The van der Waals surface area contributed by atoms with E-state index in [1.807, 2.05) is 24.5 Å². The fourth-order valence-electron chi connectivity index (χ4n) is 1.62. The zero-order chi connectivity index (χ0) is 13.5. The zero-order valence-electron chi connectivity index (χ0n) is 11.5. The zero-order valence-corrected chi connectivity index (χ0v) is 13.9. The Bertz CT molecular complexity index is 522. The summed E-state index contributed by atoms with van der Waals surface area (Å²) in [5.74, 6) is 1.90. The van der Waals surface area contributed by atoms with Crippen LogP contribution in [0, 0.1) is 6.92 Å². The molecule has 0 fully saturated rings.